The van der Waals surface area contributed by atoms with Crippen LogP contribution in [0.5, 0.6) is 0 Å². The van der Waals surface area contributed by atoms with Crippen LogP contribution in [0.3, 0.4) is 0 Å². The number of hydrogen-bond donors (Lipinski definition) is 2. The predicted molar refractivity (Wildman–Crippen MR) is 98.8 cm³/mol. The highest BCUT2D eigenvalue weighted by Crippen LogP contribution is 2.37. The smallest absolute Gasteiger partial charge is 0.125 e. The van der Waals surface area contributed by atoms with Gasteiger partial charge in [0.25, 0.3) is 0 Å². The average Bonchev–Trinajstić information content (AvgIpc) is 2.91. The van der Waals surface area contributed by atoms with Crippen molar-refractivity contribution in [1.82, 2.24) is 5.32 Å². The van der Waals surface area contributed by atoms with Gasteiger partial charge >= 0.3 is 0 Å². The quantitative estimate of drug-likeness (QED) is 0.843. The monoisotopic (exact) mass is 370 g/mol. The zero-order chi connectivity index (χ0) is 16.4. The van der Waals surface area contributed by atoms with Crippen LogP contribution in [0.2, 0.25) is 5.02 Å². The summed E-state index contributed by atoms with van der Waals surface area (Å²) in [6.45, 7) is 1.20. The van der Waals surface area contributed by atoms with Gasteiger partial charge in [0.2, 0.25) is 0 Å². The molecule has 0 bridgehead atoms. The maximum atomic E-state index is 13.8. The number of hydrogen-bond acceptors (Lipinski definition) is 3. The first kappa shape index (κ1) is 19.0. The summed E-state index contributed by atoms with van der Waals surface area (Å²) in [6.07, 6.45) is 0.242. The molecule has 0 amide bonds. The van der Waals surface area contributed by atoms with Gasteiger partial charge in [-0.2, -0.15) is 0 Å². The number of likely N-dealkylation sites (N-methyl/N-ethyl adjacent to an activating group) is 1. The Morgan fingerprint density at radius 1 is 1.29 bits per heavy atom. The molecule has 24 heavy (non-hydrogen) atoms. The summed E-state index contributed by atoms with van der Waals surface area (Å²) in [5, 5.41) is 14.0. The summed E-state index contributed by atoms with van der Waals surface area (Å²) in [6, 6.07) is 12.3. The van der Waals surface area contributed by atoms with E-state index in [1.54, 1.807) is 13.1 Å². The van der Waals surface area contributed by atoms with Crippen molar-refractivity contribution in [2.45, 2.75) is 18.6 Å². The third-order valence-corrected chi connectivity index (χ3v) is 4.48. The Hall–Kier alpha value is -1.33. The molecular formula is C18H21Cl2FN2O. The molecule has 3 rings (SSSR count). The molecular weight excluding hydrogens is 350 g/mol. The van der Waals surface area contributed by atoms with E-state index in [0.717, 1.165) is 18.7 Å². The minimum Gasteiger partial charge on any atom is -0.389 e. The second kappa shape index (κ2) is 8.17. The number of para-hydroxylation sites is 1. The molecule has 0 aromatic heterocycles. The SMILES string of the molecule is CNC[C@@H](O)[C@H](c1cc(F)cc(Cl)c1)N1CCc2ccccc21.Cl. The van der Waals surface area contributed by atoms with Crippen molar-refractivity contribution in [3.8, 4) is 0 Å². The zero-order valence-corrected chi connectivity index (χ0v) is 14.9. The van der Waals surface area contributed by atoms with Gasteiger partial charge in [-0.3, -0.25) is 0 Å². The van der Waals surface area contributed by atoms with Crippen LogP contribution in [-0.2, 0) is 6.42 Å². The summed E-state index contributed by atoms with van der Waals surface area (Å²) in [7, 11) is 1.79. The normalized spacial score (nSPS) is 15.6. The van der Waals surface area contributed by atoms with Gasteiger partial charge < -0.3 is 15.3 Å². The first-order valence-corrected chi connectivity index (χ1v) is 8.11. The Labute approximate surface area is 152 Å². The Balaban J connectivity index is 0.00000208. The number of nitrogens with zero attached hydrogens (tertiary/aromatic N) is 1. The van der Waals surface area contributed by atoms with Gasteiger partial charge in [0, 0.05) is 23.8 Å². The van der Waals surface area contributed by atoms with Gasteiger partial charge in [-0.05, 0) is 48.9 Å². The maximum Gasteiger partial charge on any atom is 0.125 e. The van der Waals surface area contributed by atoms with Gasteiger partial charge in [0.05, 0.1) is 12.1 Å². The van der Waals surface area contributed by atoms with E-state index in [-0.39, 0.29) is 24.3 Å². The summed E-state index contributed by atoms with van der Waals surface area (Å²) in [4.78, 5) is 2.14. The van der Waals surface area contributed by atoms with E-state index in [1.807, 2.05) is 18.2 Å². The molecule has 0 saturated carbocycles. The van der Waals surface area contributed by atoms with Crippen molar-refractivity contribution in [3.63, 3.8) is 0 Å². The number of rotatable bonds is 5. The molecule has 1 heterocycles. The number of aliphatic hydroxyl groups excluding tert-OH is 1. The van der Waals surface area contributed by atoms with Crippen molar-refractivity contribution >= 4 is 29.7 Å². The van der Waals surface area contributed by atoms with E-state index in [2.05, 4.69) is 16.3 Å². The van der Waals surface area contributed by atoms with Crippen LogP contribution in [0.25, 0.3) is 0 Å². The molecule has 2 atom stereocenters. The highest BCUT2D eigenvalue weighted by atomic mass is 35.5. The number of fused-ring (bicyclic) bond motifs is 1. The summed E-state index contributed by atoms with van der Waals surface area (Å²) < 4.78 is 13.8. The predicted octanol–water partition coefficient (Wildman–Crippen LogP) is 3.59. The van der Waals surface area contributed by atoms with Crippen molar-refractivity contribution in [1.29, 1.82) is 0 Å². The first-order chi connectivity index (χ1) is 11.1. The highest BCUT2D eigenvalue weighted by Gasteiger charge is 2.32. The molecule has 2 N–H and O–H groups in total. The van der Waals surface area contributed by atoms with Gasteiger partial charge in [0.15, 0.2) is 0 Å². The average molecular weight is 371 g/mol. The number of nitrogens with one attached hydrogen (secondary N) is 1. The molecule has 1 aliphatic heterocycles. The van der Waals surface area contributed by atoms with E-state index < -0.39 is 6.10 Å². The highest BCUT2D eigenvalue weighted by molar-refractivity contribution is 6.30. The molecule has 3 nitrogen and oxygen atoms in total. The molecule has 0 aliphatic carbocycles. The lowest BCUT2D eigenvalue weighted by atomic mass is 9.99. The van der Waals surface area contributed by atoms with E-state index >= 15 is 0 Å². The lowest BCUT2D eigenvalue weighted by Gasteiger charge is -2.34. The van der Waals surface area contributed by atoms with Gasteiger partial charge in [-0.15, -0.1) is 12.4 Å². The van der Waals surface area contributed by atoms with Gasteiger partial charge in [-0.1, -0.05) is 29.8 Å². The van der Waals surface area contributed by atoms with Crippen molar-refractivity contribution in [2.75, 3.05) is 25.0 Å². The van der Waals surface area contributed by atoms with Crippen molar-refractivity contribution < 1.29 is 9.50 Å². The summed E-state index contributed by atoms with van der Waals surface area (Å²) in [5.74, 6) is -0.387. The van der Waals surface area contributed by atoms with Crippen LogP contribution in [-0.4, -0.2) is 31.3 Å². The molecule has 0 unspecified atom stereocenters. The van der Waals surface area contributed by atoms with Crippen LogP contribution < -0.4 is 10.2 Å². The fraction of sp³-hybridized carbons (Fsp3) is 0.333. The molecule has 0 spiro atoms. The second-order valence-electron chi connectivity index (χ2n) is 5.84. The van der Waals surface area contributed by atoms with E-state index in [4.69, 9.17) is 11.6 Å². The molecule has 0 radical (unpaired) electrons. The molecule has 1 aliphatic rings. The molecule has 2 aromatic rings. The maximum absolute atomic E-state index is 13.8. The molecule has 6 heteroatoms. The third-order valence-electron chi connectivity index (χ3n) is 4.26. The topological polar surface area (TPSA) is 35.5 Å². The van der Waals surface area contributed by atoms with E-state index in [9.17, 15) is 9.50 Å². The Bertz CT molecular complexity index is 678. The third kappa shape index (κ3) is 3.83. The van der Waals surface area contributed by atoms with Crippen LogP contribution in [0.15, 0.2) is 42.5 Å². The summed E-state index contributed by atoms with van der Waals surface area (Å²) in [5.41, 5.74) is 3.03. The molecule has 2 aromatic carbocycles. The molecule has 130 valence electrons. The van der Waals surface area contributed by atoms with Crippen molar-refractivity contribution in [3.05, 3.63) is 64.4 Å². The first-order valence-electron chi connectivity index (χ1n) is 7.73. The van der Waals surface area contributed by atoms with Crippen LogP contribution in [0, 0.1) is 5.82 Å². The van der Waals surface area contributed by atoms with Gasteiger partial charge in [-0.25, -0.2) is 4.39 Å². The standard InChI is InChI=1S/C18H20ClFN2O.ClH/c1-21-11-17(23)18(13-8-14(19)10-15(20)9-13)22-7-6-12-4-2-3-5-16(12)22;/h2-5,8-10,17-18,21,23H,6-7,11H2,1H3;1H/t17-,18+;/m1./s1. The summed E-state index contributed by atoms with van der Waals surface area (Å²) >= 11 is 6.03. The van der Waals surface area contributed by atoms with Crippen LogP contribution in [0.4, 0.5) is 10.1 Å². The van der Waals surface area contributed by atoms with Gasteiger partial charge in [0.1, 0.15) is 5.82 Å². The van der Waals surface area contributed by atoms with Crippen molar-refractivity contribution in [2.24, 2.45) is 0 Å². The lowest BCUT2D eigenvalue weighted by Crippen LogP contribution is -2.40. The fourth-order valence-corrected chi connectivity index (χ4v) is 3.56. The van der Waals surface area contributed by atoms with Crippen LogP contribution in [0.1, 0.15) is 17.2 Å². The number of halogens is 3. The van der Waals surface area contributed by atoms with E-state index in [0.29, 0.717) is 17.1 Å². The molecule has 0 fully saturated rings. The second-order valence-corrected chi connectivity index (χ2v) is 6.28. The number of aliphatic hydroxyl groups is 1. The Morgan fingerprint density at radius 3 is 2.75 bits per heavy atom. The minimum absolute atomic E-state index is 0. The van der Waals surface area contributed by atoms with E-state index in [1.165, 1.54) is 17.7 Å². The number of benzene rings is 2. The Kier molecular flexibility index (Phi) is 6.47. The largest absolute Gasteiger partial charge is 0.389 e. The Morgan fingerprint density at radius 2 is 2.04 bits per heavy atom. The number of anilines is 1. The molecule has 0 saturated heterocycles. The van der Waals surface area contributed by atoms with Crippen LogP contribution >= 0.6 is 24.0 Å². The zero-order valence-electron chi connectivity index (χ0n) is 13.4. The lowest BCUT2D eigenvalue weighted by molar-refractivity contribution is 0.141. The minimum atomic E-state index is -0.677. The fourth-order valence-electron chi connectivity index (χ4n) is 3.33.